The van der Waals surface area contributed by atoms with Crippen LogP contribution in [0.2, 0.25) is 0 Å². The van der Waals surface area contributed by atoms with Gasteiger partial charge in [0.25, 0.3) is 0 Å². The van der Waals surface area contributed by atoms with Gasteiger partial charge in [0.2, 0.25) is 11.3 Å². The van der Waals surface area contributed by atoms with Crippen molar-refractivity contribution in [3.8, 4) is 0 Å². The summed E-state index contributed by atoms with van der Waals surface area (Å²) in [6, 6.07) is 5.93. The van der Waals surface area contributed by atoms with E-state index in [0.29, 0.717) is 5.39 Å². The van der Waals surface area contributed by atoms with Gasteiger partial charge in [0.1, 0.15) is 0 Å². The Kier molecular flexibility index (Phi) is 3.01. The molecule has 0 spiro atoms. The Bertz CT molecular complexity index is 614. The summed E-state index contributed by atoms with van der Waals surface area (Å²) in [5.74, 6) is -0.663. The number of para-hydroxylation sites is 1. The minimum absolute atomic E-state index is 0.0343. The molecular weight excluding hydrogens is 238 g/mol. The third-order valence-corrected chi connectivity index (χ3v) is 2.26. The number of furan rings is 1. The van der Waals surface area contributed by atoms with Crippen LogP contribution in [0.4, 0.5) is 5.69 Å². The molecule has 0 aliphatic carbocycles. The largest absolute Gasteiger partial charge is 0.457 e. The van der Waals surface area contributed by atoms with Crippen LogP contribution in [0.5, 0.6) is 0 Å². The fraction of sp³-hybridized carbons (Fsp3) is 0.250. The highest BCUT2D eigenvalue weighted by molar-refractivity contribution is 5.95. The smallest absolute Gasteiger partial charge is 0.374 e. The van der Waals surface area contributed by atoms with Crippen LogP contribution in [-0.4, -0.2) is 17.0 Å². The van der Waals surface area contributed by atoms with Gasteiger partial charge in [-0.1, -0.05) is 12.1 Å². The van der Waals surface area contributed by atoms with Crippen LogP contribution < -0.4 is 0 Å². The van der Waals surface area contributed by atoms with Crippen molar-refractivity contribution < 1.29 is 18.9 Å². The molecule has 0 saturated carbocycles. The maximum Gasteiger partial charge on any atom is 0.374 e. The number of esters is 1. The summed E-state index contributed by atoms with van der Waals surface area (Å²) in [5.41, 5.74) is -0.0886. The van der Waals surface area contributed by atoms with Gasteiger partial charge in [-0.2, -0.15) is 0 Å². The molecule has 0 aliphatic rings. The minimum atomic E-state index is -0.629. The van der Waals surface area contributed by atoms with Gasteiger partial charge in [0, 0.05) is 11.5 Å². The number of hydrogen-bond donors (Lipinski definition) is 0. The zero-order chi connectivity index (χ0) is 13.3. The number of nitrogens with zero attached hydrogens (tertiary/aromatic N) is 1. The number of ether oxygens (including phenoxy) is 1. The number of benzene rings is 1. The molecule has 2 aromatic rings. The number of nitro benzene ring substituents is 1. The lowest BCUT2D eigenvalue weighted by Crippen LogP contribution is -2.10. The van der Waals surface area contributed by atoms with E-state index in [-0.39, 0.29) is 23.1 Å². The lowest BCUT2D eigenvalue weighted by atomic mass is 10.2. The third-order valence-electron chi connectivity index (χ3n) is 2.26. The summed E-state index contributed by atoms with van der Waals surface area (Å²) in [7, 11) is 0. The molecule has 1 heterocycles. The van der Waals surface area contributed by atoms with Crippen LogP contribution in [0, 0.1) is 10.1 Å². The minimum Gasteiger partial charge on any atom is -0.457 e. The molecule has 0 atom stereocenters. The normalized spacial score (nSPS) is 10.8. The summed E-state index contributed by atoms with van der Waals surface area (Å²) in [4.78, 5) is 21.9. The van der Waals surface area contributed by atoms with Crippen molar-refractivity contribution in [2.75, 3.05) is 0 Å². The highest BCUT2D eigenvalue weighted by atomic mass is 16.6. The predicted molar refractivity (Wildman–Crippen MR) is 63.4 cm³/mol. The van der Waals surface area contributed by atoms with Crippen molar-refractivity contribution in [2.24, 2.45) is 0 Å². The molecule has 1 aromatic heterocycles. The summed E-state index contributed by atoms with van der Waals surface area (Å²) in [6.45, 7) is 3.42. The molecule has 0 fully saturated rings. The molecule has 0 unspecified atom stereocenters. The monoisotopic (exact) mass is 249 g/mol. The predicted octanol–water partition coefficient (Wildman–Crippen LogP) is 2.91. The van der Waals surface area contributed by atoms with E-state index in [1.807, 2.05) is 0 Å². The number of rotatable bonds is 3. The van der Waals surface area contributed by atoms with Gasteiger partial charge >= 0.3 is 11.7 Å². The first-order valence-electron chi connectivity index (χ1n) is 5.37. The third kappa shape index (κ3) is 2.17. The van der Waals surface area contributed by atoms with Crippen molar-refractivity contribution in [3.05, 3.63) is 40.1 Å². The molecule has 0 amide bonds. The van der Waals surface area contributed by atoms with Crippen molar-refractivity contribution in [2.45, 2.75) is 20.0 Å². The van der Waals surface area contributed by atoms with Crippen LogP contribution in [0.3, 0.4) is 0 Å². The summed E-state index contributed by atoms with van der Waals surface area (Å²) >= 11 is 0. The lowest BCUT2D eigenvalue weighted by Gasteiger charge is -2.04. The summed E-state index contributed by atoms with van der Waals surface area (Å²) in [6.07, 6.45) is -0.277. The van der Waals surface area contributed by atoms with Gasteiger partial charge in [-0.3, -0.25) is 10.1 Å². The van der Waals surface area contributed by atoms with Crippen LogP contribution >= 0.6 is 0 Å². The first kappa shape index (κ1) is 12.1. The van der Waals surface area contributed by atoms with Gasteiger partial charge in [0.05, 0.1) is 11.0 Å². The van der Waals surface area contributed by atoms with Crippen LogP contribution in [0.1, 0.15) is 24.4 Å². The Morgan fingerprint density at radius 3 is 2.78 bits per heavy atom. The number of carbonyl (C=O) groups is 1. The second-order valence-electron chi connectivity index (χ2n) is 4.02. The number of non-ortho nitro benzene ring substituents is 1. The second-order valence-corrected chi connectivity index (χ2v) is 4.02. The van der Waals surface area contributed by atoms with E-state index < -0.39 is 10.9 Å². The van der Waals surface area contributed by atoms with Gasteiger partial charge < -0.3 is 9.15 Å². The Balaban J connectivity index is 2.47. The van der Waals surface area contributed by atoms with Crippen molar-refractivity contribution in [1.29, 1.82) is 0 Å². The van der Waals surface area contributed by atoms with Gasteiger partial charge in [-0.05, 0) is 19.9 Å². The first-order chi connectivity index (χ1) is 8.49. The van der Waals surface area contributed by atoms with E-state index in [9.17, 15) is 14.9 Å². The second kappa shape index (κ2) is 4.48. The van der Waals surface area contributed by atoms with Crippen LogP contribution in [0.25, 0.3) is 11.0 Å². The van der Waals surface area contributed by atoms with Gasteiger partial charge in [-0.25, -0.2) is 4.79 Å². The van der Waals surface area contributed by atoms with Crippen LogP contribution in [0.15, 0.2) is 28.7 Å². The molecule has 6 nitrogen and oxygen atoms in total. The summed E-state index contributed by atoms with van der Waals surface area (Å²) in [5, 5.41) is 11.3. The molecule has 94 valence electrons. The molecule has 18 heavy (non-hydrogen) atoms. The van der Waals surface area contributed by atoms with E-state index >= 15 is 0 Å². The van der Waals surface area contributed by atoms with E-state index in [2.05, 4.69) is 0 Å². The summed E-state index contributed by atoms with van der Waals surface area (Å²) < 4.78 is 10.2. The van der Waals surface area contributed by atoms with Gasteiger partial charge in [0.15, 0.2) is 0 Å². The Hall–Kier alpha value is -2.37. The van der Waals surface area contributed by atoms with E-state index in [4.69, 9.17) is 9.15 Å². The number of hydrogen-bond acceptors (Lipinski definition) is 5. The Labute approximate surface area is 102 Å². The average Bonchev–Trinajstić information content (AvgIpc) is 2.70. The van der Waals surface area contributed by atoms with Crippen molar-refractivity contribution in [1.82, 2.24) is 0 Å². The van der Waals surface area contributed by atoms with E-state index in [1.54, 1.807) is 19.9 Å². The number of carbonyl (C=O) groups excluding carboxylic acids is 1. The lowest BCUT2D eigenvalue weighted by molar-refractivity contribution is -0.383. The van der Waals surface area contributed by atoms with Crippen LogP contribution in [-0.2, 0) is 4.74 Å². The zero-order valence-corrected chi connectivity index (χ0v) is 9.88. The quantitative estimate of drug-likeness (QED) is 0.474. The maximum absolute atomic E-state index is 11.6. The molecule has 0 aliphatic heterocycles. The van der Waals surface area contributed by atoms with Crippen molar-refractivity contribution in [3.63, 3.8) is 0 Å². The Morgan fingerprint density at radius 1 is 1.44 bits per heavy atom. The molecule has 0 saturated heterocycles. The fourth-order valence-electron chi connectivity index (χ4n) is 1.56. The first-order valence-corrected chi connectivity index (χ1v) is 5.37. The number of nitro groups is 1. The topological polar surface area (TPSA) is 82.6 Å². The molecule has 2 rings (SSSR count). The SMILES string of the molecule is CC(C)OC(=O)c1cc2cccc([N+](=O)[O-])c2o1. The molecule has 6 heteroatoms. The highest BCUT2D eigenvalue weighted by Gasteiger charge is 2.20. The Morgan fingerprint density at radius 2 is 2.17 bits per heavy atom. The standard InChI is InChI=1S/C12H11NO5/c1-7(2)17-12(14)10-6-8-4-3-5-9(13(15)16)11(8)18-10/h3-7H,1-2H3. The zero-order valence-electron chi connectivity index (χ0n) is 9.88. The van der Waals surface area contributed by atoms with E-state index in [1.165, 1.54) is 18.2 Å². The highest BCUT2D eigenvalue weighted by Crippen LogP contribution is 2.28. The number of fused-ring (bicyclic) bond motifs is 1. The molecule has 0 N–H and O–H groups in total. The van der Waals surface area contributed by atoms with Gasteiger partial charge in [-0.15, -0.1) is 0 Å². The molecule has 0 bridgehead atoms. The van der Waals surface area contributed by atoms with Crippen molar-refractivity contribution >= 4 is 22.6 Å². The maximum atomic E-state index is 11.6. The molecule has 0 radical (unpaired) electrons. The average molecular weight is 249 g/mol. The van der Waals surface area contributed by atoms with E-state index in [0.717, 1.165) is 0 Å². The molecular formula is C12H11NO5. The fourth-order valence-corrected chi connectivity index (χ4v) is 1.56. The molecule has 1 aromatic carbocycles.